The van der Waals surface area contributed by atoms with Crippen LogP contribution in [0.1, 0.15) is 49.5 Å². The van der Waals surface area contributed by atoms with Crippen molar-refractivity contribution in [3.8, 4) is 0 Å². The second kappa shape index (κ2) is 5.47. The molecule has 1 aromatic rings. The van der Waals surface area contributed by atoms with E-state index in [2.05, 4.69) is 17.2 Å². The van der Waals surface area contributed by atoms with Crippen molar-refractivity contribution in [2.75, 3.05) is 17.6 Å². The van der Waals surface area contributed by atoms with Gasteiger partial charge in [-0.1, -0.05) is 19.8 Å². The number of carboxylic acid groups (broad SMARTS) is 1. The second-order valence-corrected chi connectivity index (χ2v) is 5.35. The van der Waals surface area contributed by atoms with Gasteiger partial charge in [-0.3, -0.25) is 0 Å². The van der Waals surface area contributed by atoms with E-state index in [1.54, 1.807) is 6.07 Å². The van der Waals surface area contributed by atoms with Crippen LogP contribution in [0, 0.1) is 5.41 Å². The van der Waals surface area contributed by atoms with Gasteiger partial charge >= 0.3 is 5.97 Å². The Balaban J connectivity index is 2.10. The van der Waals surface area contributed by atoms with E-state index in [1.807, 2.05) is 0 Å². The molecule has 1 aliphatic rings. The fourth-order valence-electron chi connectivity index (χ4n) is 2.78. The third-order valence-electron chi connectivity index (χ3n) is 4.19. The van der Waals surface area contributed by atoms with Crippen LogP contribution in [-0.4, -0.2) is 22.6 Å². The number of anilines is 2. The highest BCUT2D eigenvalue weighted by Gasteiger charge is 2.31. The minimum Gasteiger partial charge on any atom is -0.477 e. The SMILES string of the molecule is CCC1(CNc2nc(C(=O)O)ccc2N)CCCC1. The number of aromatic nitrogens is 1. The van der Waals surface area contributed by atoms with Gasteiger partial charge in [0.05, 0.1) is 5.69 Å². The Bertz CT molecular complexity index is 468. The molecule has 1 heterocycles. The van der Waals surface area contributed by atoms with Gasteiger partial charge in [0, 0.05) is 6.54 Å². The monoisotopic (exact) mass is 263 g/mol. The molecule has 19 heavy (non-hydrogen) atoms. The first kappa shape index (κ1) is 13.6. The van der Waals surface area contributed by atoms with Gasteiger partial charge in [-0.05, 0) is 36.8 Å². The average Bonchev–Trinajstić information content (AvgIpc) is 2.87. The van der Waals surface area contributed by atoms with Crippen LogP contribution in [0.4, 0.5) is 11.5 Å². The predicted octanol–water partition coefficient (Wildman–Crippen LogP) is 2.74. The van der Waals surface area contributed by atoms with E-state index in [9.17, 15) is 4.79 Å². The maximum Gasteiger partial charge on any atom is 0.354 e. The molecule has 0 amide bonds. The molecule has 1 saturated carbocycles. The Kier molecular flexibility index (Phi) is 3.93. The summed E-state index contributed by atoms with van der Waals surface area (Å²) in [5, 5.41) is 12.2. The van der Waals surface area contributed by atoms with Crippen molar-refractivity contribution in [1.82, 2.24) is 4.98 Å². The standard InChI is InChI=1S/C14H21N3O2/c1-2-14(7-3-4-8-14)9-16-12-10(15)5-6-11(17-12)13(18)19/h5-6H,2-4,7-9,15H2,1H3,(H,16,17)(H,18,19). The van der Waals surface area contributed by atoms with Gasteiger partial charge in [-0.15, -0.1) is 0 Å². The van der Waals surface area contributed by atoms with E-state index in [1.165, 1.54) is 31.7 Å². The first-order valence-corrected chi connectivity index (χ1v) is 6.80. The van der Waals surface area contributed by atoms with Crippen LogP contribution in [0.5, 0.6) is 0 Å². The summed E-state index contributed by atoms with van der Waals surface area (Å²) < 4.78 is 0. The average molecular weight is 263 g/mol. The molecular weight excluding hydrogens is 242 g/mol. The topological polar surface area (TPSA) is 88.2 Å². The minimum atomic E-state index is -1.03. The molecule has 0 bridgehead atoms. The summed E-state index contributed by atoms with van der Waals surface area (Å²) in [6.07, 6.45) is 6.10. The van der Waals surface area contributed by atoms with Gasteiger partial charge in [-0.2, -0.15) is 0 Å². The first-order valence-electron chi connectivity index (χ1n) is 6.80. The van der Waals surface area contributed by atoms with Crippen molar-refractivity contribution in [3.63, 3.8) is 0 Å². The third kappa shape index (κ3) is 2.97. The molecule has 104 valence electrons. The Hall–Kier alpha value is -1.78. The summed E-state index contributed by atoms with van der Waals surface area (Å²) in [7, 11) is 0. The number of rotatable bonds is 5. The number of carboxylic acids is 1. The lowest BCUT2D eigenvalue weighted by atomic mass is 9.83. The Morgan fingerprint density at radius 2 is 2.16 bits per heavy atom. The van der Waals surface area contributed by atoms with Crippen LogP contribution < -0.4 is 11.1 Å². The number of carbonyl (C=O) groups is 1. The molecule has 5 heteroatoms. The Morgan fingerprint density at radius 3 is 2.74 bits per heavy atom. The molecule has 0 saturated heterocycles. The van der Waals surface area contributed by atoms with Crippen molar-refractivity contribution in [3.05, 3.63) is 17.8 Å². The molecule has 0 aromatic carbocycles. The quantitative estimate of drug-likeness (QED) is 0.760. The maximum absolute atomic E-state index is 10.9. The van der Waals surface area contributed by atoms with Crippen LogP contribution in [0.15, 0.2) is 12.1 Å². The summed E-state index contributed by atoms with van der Waals surface area (Å²) in [4.78, 5) is 15.0. The Morgan fingerprint density at radius 1 is 1.47 bits per heavy atom. The molecule has 1 fully saturated rings. The van der Waals surface area contributed by atoms with Crippen molar-refractivity contribution >= 4 is 17.5 Å². The molecule has 5 nitrogen and oxygen atoms in total. The first-order chi connectivity index (χ1) is 9.06. The lowest BCUT2D eigenvalue weighted by molar-refractivity contribution is 0.0690. The molecule has 4 N–H and O–H groups in total. The van der Waals surface area contributed by atoms with E-state index in [4.69, 9.17) is 10.8 Å². The van der Waals surface area contributed by atoms with Crippen molar-refractivity contribution in [2.24, 2.45) is 5.41 Å². The lowest BCUT2D eigenvalue weighted by Crippen LogP contribution is -2.26. The summed E-state index contributed by atoms with van der Waals surface area (Å²) in [5.41, 5.74) is 6.67. The molecule has 1 aliphatic carbocycles. The summed E-state index contributed by atoms with van der Waals surface area (Å²) in [5.74, 6) is -0.547. The summed E-state index contributed by atoms with van der Waals surface area (Å²) >= 11 is 0. The number of nitrogen functional groups attached to an aromatic ring is 1. The highest BCUT2D eigenvalue weighted by atomic mass is 16.4. The number of hydrogen-bond donors (Lipinski definition) is 3. The fraction of sp³-hybridized carbons (Fsp3) is 0.571. The van der Waals surface area contributed by atoms with E-state index < -0.39 is 5.97 Å². The largest absolute Gasteiger partial charge is 0.477 e. The minimum absolute atomic E-state index is 0.0219. The number of nitrogens with one attached hydrogen (secondary N) is 1. The van der Waals surface area contributed by atoms with Gasteiger partial charge in [-0.25, -0.2) is 9.78 Å². The van der Waals surface area contributed by atoms with Gasteiger partial charge in [0.2, 0.25) is 0 Å². The lowest BCUT2D eigenvalue weighted by Gasteiger charge is -2.28. The molecule has 0 atom stereocenters. The molecule has 0 spiro atoms. The van der Waals surface area contributed by atoms with Crippen LogP contribution in [0.25, 0.3) is 0 Å². The number of nitrogens with zero attached hydrogens (tertiary/aromatic N) is 1. The van der Waals surface area contributed by atoms with Crippen molar-refractivity contribution in [2.45, 2.75) is 39.0 Å². The van der Waals surface area contributed by atoms with Crippen LogP contribution in [0.2, 0.25) is 0 Å². The number of aromatic carboxylic acids is 1. The second-order valence-electron chi connectivity index (χ2n) is 5.35. The van der Waals surface area contributed by atoms with Crippen LogP contribution in [0.3, 0.4) is 0 Å². The van der Waals surface area contributed by atoms with E-state index in [-0.39, 0.29) is 5.69 Å². The van der Waals surface area contributed by atoms with Gasteiger partial charge in [0.1, 0.15) is 5.82 Å². The molecule has 0 aliphatic heterocycles. The van der Waals surface area contributed by atoms with Gasteiger partial charge < -0.3 is 16.2 Å². The molecule has 0 radical (unpaired) electrons. The zero-order chi connectivity index (χ0) is 13.9. The Labute approximate surface area is 113 Å². The molecule has 1 aromatic heterocycles. The molecular formula is C14H21N3O2. The summed E-state index contributed by atoms with van der Waals surface area (Å²) in [6, 6.07) is 3.01. The predicted molar refractivity (Wildman–Crippen MR) is 75.3 cm³/mol. The fourth-order valence-corrected chi connectivity index (χ4v) is 2.78. The molecule has 0 unspecified atom stereocenters. The maximum atomic E-state index is 10.9. The van der Waals surface area contributed by atoms with Gasteiger partial charge in [0.25, 0.3) is 0 Å². The normalized spacial score (nSPS) is 17.3. The smallest absolute Gasteiger partial charge is 0.354 e. The highest BCUT2D eigenvalue weighted by Crippen LogP contribution is 2.41. The summed E-state index contributed by atoms with van der Waals surface area (Å²) in [6.45, 7) is 3.02. The van der Waals surface area contributed by atoms with E-state index in [0.717, 1.165) is 13.0 Å². The zero-order valence-electron chi connectivity index (χ0n) is 11.3. The van der Waals surface area contributed by atoms with Gasteiger partial charge in [0.15, 0.2) is 5.69 Å². The van der Waals surface area contributed by atoms with E-state index >= 15 is 0 Å². The third-order valence-corrected chi connectivity index (χ3v) is 4.19. The number of nitrogens with two attached hydrogens (primary N) is 1. The number of hydrogen-bond acceptors (Lipinski definition) is 4. The van der Waals surface area contributed by atoms with Crippen molar-refractivity contribution in [1.29, 1.82) is 0 Å². The highest BCUT2D eigenvalue weighted by molar-refractivity contribution is 5.86. The molecule has 2 rings (SSSR count). The number of pyridine rings is 1. The van der Waals surface area contributed by atoms with Crippen LogP contribution in [-0.2, 0) is 0 Å². The zero-order valence-corrected chi connectivity index (χ0v) is 11.3. The van der Waals surface area contributed by atoms with Crippen molar-refractivity contribution < 1.29 is 9.90 Å². The van der Waals surface area contributed by atoms with E-state index in [0.29, 0.717) is 16.9 Å². The van der Waals surface area contributed by atoms with Crippen LogP contribution >= 0.6 is 0 Å².